The molecule has 1 N–H and O–H groups in total. The monoisotopic (exact) mass is 434 g/mol. The molecule has 160 valence electrons. The largest absolute Gasteiger partial charge is 0.495 e. The molecule has 1 aliphatic rings. The maximum Gasteiger partial charge on any atom is 0.348 e. The summed E-state index contributed by atoms with van der Waals surface area (Å²) in [7, 11) is -1.29. The van der Waals surface area contributed by atoms with E-state index in [-0.39, 0.29) is 29.3 Å². The second-order valence-electron chi connectivity index (χ2n) is 6.38. The van der Waals surface area contributed by atoms with Crippen LogP contribution in [0, 0.1) is 0 Å². The Labute approximate surface area is 174 Å². The molecule has 30 heavy (non-hydrogen) atoms. The number of rotatable bonds is 6. The normalized spacial score (nSPS) is 15.7. The summed E-state index contributed by atoms with van der Waals surface area (Å²) >= 11 is 0. The minimum Gasteiger partial charge on any atom is -0.495 e. The number of esters is 1. The lowest BCUT2D eigenvalue weighted by atomic mass is 10.1. The number of para-hydroxylation sites is 2. The van der Waals surface area contributed by atoms with Crippen LogP contribution in [0.3, 0.4) is 0 Å². The third-order valence-corrected chi connectivity index (χ3v) is 6.08. The molecule has 0 saturated carbocycles. The van der Waals surface area contributed by atoms with E-state index in [4.69, 9.17) is 14.2 Å². The van der Waals surface area contributed by atoms with Crippen LogP contribution in [-0.2, 0) is 19.6 Å². The van der Waals surface area contributed by atoms with Crippen LogP contribution in [0.15, 0.2) is 47.4 Å². The average Bonchev–Trinajstić information content (AvgIpc) is 2.76. The summed E-state index contributed by atoms with van der Waals surface area (Å²) in [5.74, 6) is -0.647. The molecule has 0 saturated heterocycles. The second-order valence-corrected chi connectivity index (χ2v) is 8.12. The number of ether oxygens (including phenoxy) is 3. The van der Waals surface area contributed by atoms with Gasteiger partial charge in [0.15, 0.2) is 0 Å². The van der Waals surface area contributed by atoms with Gasteiger partial charge in [0, 0.05) is 12.1 Å². The molecule has 9 nitrogen and oxygen atoms in total. The molecule has 1 amide bonds. The Kier molecular flexibility index (Phi) is 6.28. The average molecular weight is 434 g/mol. The summed E-state index contributed by atoms with van der Waals surface area (Å²) < 4.78 is 43.0. The van der Waals surface area contributed by atoms with Gasteiger partial charge in [0.05, 0.1) is 26.5 Å². The summed E-state index contributed by atoms with van der Waals surface area (Å²) in [6.45, 7) is 1.75. The van der Waals surface area contributed by atoms with Crippen LogP contribution in [0.25, 0.3) is 0 Å². The van der Waals surface area contributed by atoms with Gasteiger partial charge in [-0.2, -0.15) is 0 Å². The fourth-order valence-electron chi connectivity index (χ4n) is 3.12. The highest BCUT2D eigenvalue weighted by Crippen LogP contribution is 2.35. The van der Waals surface area contributed by atoms with E-state index in [9.17, 15) is 18.0 Å². The van der Waals surface area contributed by atoms with Crippen LogP contribution in [0.1, 0.15) is 17.3 Å². The number of fused-ring (bicyclic) bond motifs is 1. The van der Waals surface area contributed by atoms with Crippen molar-refractivity contribution in [1.29, 1.82) is 0 Å². The summed E-state index contributed by atoms with van der Waals surface area (Å²) in [6.07, 6.45) is -1.00. The lowest BCUT2D eigenvalue weighted by Gasteiger charge is -2.33. The van der Waals surface area contributed by atoms with Crippen molar-refractivity contribution >= 4 is 27.6 Å². The van der Waals surface area contributed by atoms with Crippen LogP contribution in [0.2, 0.25) is 0 Å². The molecule has 0 radical (unpaired) electrons. The van der Waals surface area contributed by atoms with Gasteiger partial charge in [0.1, 0.15) is 16.4 Å². The molecule has 0 spiro atoms. The van der Waals surface area contributed by atoms with Crippen LogP contribution < -0.4 is 19.1 Å². The first-order chi connectivity index (χ1) is 14.3. The van der Waals surface area contributed by atoms with E-state index in [0.717, 1.165) is 0 Å². The molecule has 1 heterocycles. The number of anilines is 1. The first-order valence-electron chi connectivity index (χ1n) is 9.15. The number of nitrogens with zero attached hydrogens (tertiary/aromatic N) is 1. The van der Waals surface area contributed by atoms with Crippen molar-refractivity contribution in [3.05, 3.63) is 48.0 Å². The van der Waals surface area contributed by atoms with Gasteiger partial charge in [-0.25, -0.2) is 17.9 Å². The number of hydrogen-bond acceptors (Lipinski definition) is 7. The minimum absolute atomic E-state index is 0.0795. The number of carbonyl (C=O) groups is 2. The molecule has 2 aromatic rings. The van der Waals surface area contributed by atoms with Gasteiger partial charge in [-0.3, -0.25) is 4.79 Å². The number of hydrogen-bond donors (Lipinski definition) is 1. The molecule has 1 atom stereocenters. The predicted molar refractivity (Wildman–Crippen MR) is 108 cm³/mol. The highest BCUT2D eigenvalue weighted by atomic mass is 32.2. The van der Waals surface area contributed by atoms with Gasteiger partial charge >= 0.3 is 5.97 Å². The van der Waals surface area contributed by atoms with Gasteiger partial charge < -0.3 is 19.1 Å². The number of benzene rings is 2. The Balaban J connectivity index is 2.04. The molecule has 1 aliphatic heterocycles. The highest BCUT2D eigenvalue weighted by Gasteiger charge is 2.35. The zero-order chi connectivity index (χ0) is 21.9. The summed E-state index contributed by atoms with van der Waals surface area (Å²) in [5.41, 5.74) is 0.585. The van der Waals surface area contributed by atoms with E-state index in [1.807, 2.05) is 0 Å². The predicted octanol–water partition coefficient (Wildman–Crippen LogP) is 1.57. The van der Waals surface area contributed by atoms with E-state index in [2.05, 4.69) is 4.72 Å². The van der Waals surface area contributed by atoms with E-state index < -0.39 is 28.0 Å². The van der Waals surface area contributed by atoms with Crippen LogP contribution >= 0.6 is 0 Å². The zero-order valence-electron chi connectivity index (χ0n) is 16.7. The first-order valence-corrected chi connectivity index (χ1v) is 10.6. The lowest BCUT2D eigenvalue weighted by Crippen LogP contribution is -2.47. The fraction of sp³-hybridized carbons (Fsp3) is 0.300. The van der Waals surface area contributed by atoms with Crippen molar-refractivity contribution in [3.63, 3.8) is 0 Å². The fourth-order valence-corrected chi connectivity index (χ4v) is 4.36. The van der Waals surface area contributed by atoms with Crippen molar-refractivity contribution in [2.45, 2.75) is 17.9 Å². The molecule has 0 fully saturated rings. The Hall–Kier alpha value is -3.11. The smallest absolute Gasteiger partial charge is 0.348 e. The van der Waals surface area contributed by atoms with E-state index in [1.165, 1.54) is 37.3 Å². The van der Waals surface area contributed by atoms with Gasteiger partial charge in [0.2, 0.25) is 16.1 Å². The first kappa shape index (κ1) is 21.6. The lowest BCUT2D eigenvalue weighted by molar-refractivity contribution is -0.148. The standard InChI is InChI=1S/C20H22N2O7S/c1-4-21-30(25,26)18-11-13(9-10-16(18)27-2)19(23)22-12-17(20(24)28-3)29-15-8-6-5-7-14(15)22/h5-11,17,21H,4,12H2,1-3H3/t17-/m0/s1. The molecule has 0 bridgehead atoms. The quantitative estimate of drug-likeness (QED) is 0.687. The molecule has 0 aliphatic carbocycles. The second kappa shape index (κ2) is 8.72. The third-order valence-electron chi connectivity index (χ3n) is 4.52. The number of nitrogens with one attached hydrogen (secondary N) is 1. The highest BCUT2D eigenvalue weighted by molar-refractivity contribution is 7.89. The van der Waals surface area contributed by atoms with Crippen molar-refractivity contribution in [2.75, 3.05) is 32.2 Å². The number of methoxy groups -OCH3 is 2. The van der Waals surface area contributed by atoms with Crippen molar-refractivity contribution < 1.29 is 32.2 Å². The zero-order valence-corrected chi connectivity index (χ0v) is 17.6. The number of sulfonamides is 1. The van der Waals surface area contributed by atoms with Crippen LogP contribution in [0.5, 0.6) is 11.5 Å². The number of amides is 1. The summed E-state index contributed by atoms with van der Waals surface area (Å²) in [5, 5.41) is 0. The topological polar surface area (TPSA) is 111 Å². The van der Waals surface area contributed by atoms with E-state index in [1.54, 1.807) is 31.2 Å². The van der Waals surface area contributed by atoms with Gasteiger partial charge in [-0.05, 0) is 30.3 Å². The van der Waals surface area contributed by atoms with Crippen LogP contribution in [0.4, 0.5) is 5.69 Å². The Bertz CT molecular complexity index is 1070. The van der Waals surface area contributed by atoms with Crippen LogP contribution in [-0.4, -0.2) is 53.7 Å². The maximum atomic E-state index is 13.3. The summed E-state index contributed by atoms with van der Waals surface area (Å²) in [4.78, 5) is 26.6. The molecule has 0 unspecified atom stereocenters. The van der Waals surface area contributed by atoms with Crippen molar-refractivity contribution in [1.82, 2.24) is 4.72 Å². The van der Waals surface area contributed by atoms with Gasteiger partial charge in [-0.1, -0.05) is 19.1 Å². The molecule has 3 rings (SSSR count). The van der Waals surface area contributed by atoms with Crippen molar-refractivity contribution in [2.24, 2.45) is 0 Å². The molecule has 0 aromatic heterocycles. The molecule has 2 aromatic carbocycles. The molecule has 10 heteroatoms. The third kappa shape index (κ3) is 4.10. The molecular formula is C20H22N2O7S. The molecular weight excluding hydrogens is 412 g/mol. The van der Waals surface area contributed by atoms with E-state index >= 15 is 0 Å². The van der Waals surface area contributed by atoms with E-state index in [0.29, 0.717) is 11.4 Å². The Morgan fingerprint density at radius 3 is 2.60 bits per heavy atom. The van der Waals surface area contributed by atoms with Gasteiger partial charge in [0.25, 0.3) is 5.91 Å². The Morgan fingerprint density at radius 1 is 1.20 bits per heavy atom. The maximum absolute atomic E-state index is 13.3. The Morgan fingerprint density at radius 2 is 1.93 bits per heavy atom. The SMILES string of the molecule is CCNS(=O)(=O)c1cc(C(=O)N2C[C@@H](C(=O)OC)Oc3ccccc32)ccc1OC. The van der Waals surface area contributed by atoms with Crippen molar-refractivity contribution in [3.8, 4) is 11.5 Å². The van der Waals surface area contributed by atoms with Gasteiger partial charge in [-0.15, -0.1) is 0 Å². The number of carbonyl (C=O) groups excluding carboxylic acids is 2. The minimum atomic E-state index is -3.87. The summed E-state index contributed by atoms with van der Waals surface area (Å²) in [6, 6.07) is 10.9.